The third-order valence-corrected chi connectivity index (χ3v) is 2.93. The van der Waals surface area contributed by atoms with Gasteiger partial charge < -0.3 is 15.2 Å². The summed E-state index contributed by atoms with van der Waals surface area (Å²) >= 11 is 3.91. The van der Waals surface area contributed by atoms with Crippen LogP contribution in [0.2, 0.25) is 0 Å². The van der Waals surface area contributed by atoms with E-state index in [9.17, 15) is 15.0 Å². The Labute approximate surface area is 103 Å². The van der Waals surface area contributed by atoms with Crippen LogP contribution in [0.4, 0.5) is 0 Å². The summed E-state index contributed by atoms with van der Waals surface area (Å²) in [5.41, 5.74) is 0.764. The number of H-pyrrole nitrogens is 1. The van der Waals surface area contributed by atoms with Gasteiger partial charge in [-0.2, -0.15) is 12.6 Å². The second kappa shape index (κ2) is 4.87. The van der Waals surface area contributed by atoms with Gasteiger partial charge in [0.15, 0.2) is 0 Å². The quantitative estimate of drug-likeness (QED) is 0.590. The van der Waals surface area contributed by atoms with Crippen molar-refractivity contribution in [1.29, 1.82) is 0 Å². The van der Waals surface area contributed by atoms with Crippen LogP contribution in [0.25, 0.3) is 10.9 Å². The molecule has 2 unspecified atom stereocenters. The number of thiol groups is 1. The molecule has 1 aromatic carbocycles. The molecule has 0 aliphatic rings. The van der Waals surface area contributed by atoms with Crippen LogP contribution in [0.3, 0.4) is 0 Å². The lowest BCUT2D eigenvalue weighted by Gasteiger charge is -2.16. The minimum absolute atomic E-state index is 0.155. The van der Waals surface area contributed by atoms with Crippen molar-refractivity contribution in [1.82, 2.24) is 9.97 Å². The van der Waals surface area contributed by atoms with Crippen LogP contribution < -0.4 is 5.56 Å². The molecule has 1 aromatic heterocycles. The highest BCUT2D eigenvalue weighted by atomic mass is 32.1. The topological polar surface area (TPSA) is 86.2 Å². The lowest BCUT2D eigenvalue weighted by molar-refractivity contribution is 0.0338. The predicted octanol–water partition coefficient (Wildman–Crippen LogP) is 0.247. The Hall–Kier alpha value is -1.37. The van der Waals surface area contributed by atoms with E-state index >= 15 is 0 Å². The van der Waals surface area contributed by atoms with Crippen LogP contribution in [0.15, 0.2) is 29.3 Å². The first-order chi connectivity index (χ1) is 8.13. The maximum Gasteiger partial charge on any atom is 0.258 e. The van der Waals surface area contributed by atoms with Gasteiger partial charge in [0.2, 0.25) is 0 Å². The number of nitrogens with zero attached hydrogens (tertiary/aromatic N) is 1. The van der Waals surface area contributed by atoms with Gasteiger partial charge in [-0.15, -0.1) is 0 Å². The smallest absolute Gasteiger partial charge is 0.258 e. The Bertz CT molecular complexity index is 584. The maximum atomic E-state index is 11.4. The van der Waals surface area contributed by atoms with E-state index < -0.39 is 12.2 Å². The Morgan fingerprint density at radius 3 is 2.88 bits per heavy atom. The number of hydrogen-bond donors (Lipinski definition) is 4. The van der Waals surface area contributed by atoms with Gasteiger partial charge in [0.25, 0.3) is 5.56 Å². The van der Waals surface area contributed by atoms with Gasteiger partial charge in [0, 0.05) is 5.75 Å². The summed E-state index contributed by atoms with van der Waals surface area (Å²) < 4.78 is 0. The van der Waals surface area contributed by atoms with Crippen LogP contribution in [0.1, 0.15) is 11.7 Å². The zero-order chi connectivity index (χ0) is 12.4. The fourth-order valence-electron chi connectivity index (χ4n) is 1.59. The van der Waals surface area contributed by atoms with Crippen molar-refractivity contribution in [2.45, 2.75) is 12.2 Å². The summed E-state index contributed by atoms with van der Waals surface area (Å²) in [4.78, 5) is 17.9. The molecule has 1 heterocycles. The molecule has 3 N–H and O–H groups in total. The first kappa shape index (κ1) is 12.1. The van der Waals surface area contributed by atoms with Gasteiger partial charge in [-0.3, -0.25) is 4.79 Å². The van der Waals surface area contributed by atoms with E-state index in [1.54, 1.807) is 18.2 Å². The lowest BCUT2D eigenvalue weighted by Crippen LogP contribution is -2.20. The second-order valence-electron chi connectivity index (χ2n) is 3.70. The van der Waals surface area contributed by atoms with E-state index in [0.29, 0.717) is 16.5 Å². The van der Waals surface area contributed by atoms with Gasteiger partial charge in [-0.25, -0.2) is 4.98 Å². The third-order valence-electron chi connectivity index (χ3n) is 2.56. The molecule has 6 heteroatoms. The van der Waals surface area contributed by atoms with Gasteiger partial charge in [-0.05, 0) is 17.7 Å². The monoisotopic (exact) mass is 252 g/mol. The highest BCUT2D eigenvalue weighted by Gasteiger charge is 2.17. The minimum atomic E-state index is -1.03. The molecule has 2 aromatic rings. The van der Waals surface area contributed by atoms with Crippen molar-refractivity contribution in [3.8, 4) is 0 Å². The number of rotatable bonds is 3. The number of aromatic nitrogens is 2. The van der Waals surface area contributed by atoms with Crippen molar-refractivity contribution in [2.24, 2.45) is 0 Å². The molecule has 0 saturated heterocycles. The van der Waals surface area contributed by atoms with Crippen molar-refractivity contribution >= 4 is 23.5 Å². The van der Waals surface area contributed by atoms with Gasteiger partial charge in [-0.1, -0.05) is 6.07 Å². The van der Waals surface area contributed by atoms with E-state index in [1.807, 2.05) is 0 Å². The summed E-state index contributed by atoms with van der Waals surface area (Å²) in [5, 5.41) is 19.7. The van der Waals surface area contributed by atoms with E-state index in [1.165, 1.54) is 6.33 Å². The van der Waals surface area contributed by atoms with Crippen molar-refractivity contribution in [3.63, 3.8) is 0 Å². The second-order valence-corrected chi connectivity index (χ2v) is 4.07. The van der Waals surface area contributed by atoms with Crippen molar-refractivity contribution in [3.05, 3.63) is 40.4 Å². The van der Waals surface area contributed by atoms with Gasteiger partial charge in [0.05, 0.1) is 23.3 Å². The van der Waals surface area contributed by atoms with E-state index in [0.717, 1.165) is 0 Å². The zero-order valence-corrected chi connectivity index (χ0v) is 9.76. The van der Waals surface area contributed by atoms with Crippen molar-refractivity contribution in [2.75, 3.05) is 5.75 Å². The van der Waals surface area contributed by atoms with Crippen molar-refractivity contribution < 1.29 is 10.2 Å². The molecule has 90 valence electrons. The van der Waals surface area contributed by atoms with Crippen LogP contribution in [0.5, 0.6) is 0 Å². The van der Waals surface area contributed by atoms with Crippen LogP contribution in [-0.4, -0.2) is 32.0 Å². The molecule has 5 nitrogen and oxygen atoms in total. The molecule has 0 fully saturated rings. The summed E-state index contributed by atoms with van der Waals surface area (Å²) in [6, 6.07) is 4.75. The Morgan fingerprint density at radius 2 is 2.18 bits per heavy atom. The third kappa shape index (κ3) is 2.33. The molecular weight excluding hydrogens is 240 g/mol. The average molecular weight is 252 g/mol. The Morgan fingerprint density at radius 1 is 1.41 bits per heavy atom. The summed E-state index contributed by atoms with van der Waals surface area (Å²) in [6.07, 6.45) is -0.675. The van der Waals surface area contributed by atoms with E-state index in [4.69, 9.17) is 0 Å². The largest absolute Gasteiger partial charge is 0.389 e. The number of hydrogen-bond acceptors (Lipinski definition) is 5. The maximum absolute atomic E-state index is 11.4. The van der Waals surface area contributed by atoms with E-state index in [2.05, 4.69) is 22.6 Å². The van der Waals surface area contributed by atoms with E-state index in [-0.39, 0.29) is 11.3 Å². The molecule has 0 saturated carbocycles. The standard InChI is InChI=1S/C11H12N2O3S/c14-9(4-17)10(15)6-1-2-7-8(3-6)12-5-13-11(7)16/h1-3,5,9-10,14-15,17H,4H2,(H,12,13,16). The normalized spacial score (nSPS) is 14.8. The molecule has 0 bridgehead atoms. The Balaban J connectivity index is 2.48. The number of fused-ring (bicyclic) bond motifs is 1. The fraction of sp³-hybridized carbons (Fsp3) is 0.273. The molecule has 0 aliphatic carbocycles. The summed E-state index contributed by atoms with van der Waals surface area (Å²) in [5.74, 6) is 0.155. The zero-order valence-electron chi connectivity index (χ0n) is 8.87. The van der Waals surface area contributed by atoms with Gasteiger partial charge >= 0.3 is 0 Å². The number of nitrogens with one attached hydrogen (secondary N) is 1. The molecule has 17 heavy (non-hydrogen) atoms. The van der Waals surface area contributed by atoms with Crippen LogP contribution >= 0.6 is 12.6 Å². The Kier molecular flexibility index (Phi) is 3.46. The van der Waals surface area contributed by atoms with Crippen LogP contribution in [-0.2, 0) is 0 Å². The number of aliphatic hydroxyl groups is 2. The highest BCUT2D eigenvalue weighted by molar-refractivity contribution is 7.80. The molecule has 2 atom stereocenters. The summed E-state index contributed by atoms with van der Waals surface area (Å²) in [7, 11) is 0. The predicted molar refractivity (Wildman–Crippen MR) is 67.2 cm³/mol. The first-order valence-electron chi connectivity index (χ1n) is 5.08. The number of aromatic amines is 1. The van der Waals surface area contributed by atoms with Crippen LogP contribution in [0, 0.1) is 0 Å². The number of aliphatic hydroxyl groups excluding tert-OH is 2. The number of benzene rings is 1. The first-order valence-corrected chi connectivity index (χ1v) is 5.71. The SMILES string of the molecule is O=c1[nH]cnc2cc(C(O)C(O)CS)ccc12. The molecule has 2 rings (SSSR count). The minimum Gasteiger partial charge on any atom is -0.389 e. The molecule has 0 amide bonds. The highest BCUT2D eigenvalue weighted by Crippen LogP contribution is 2.20. The average Bonchev–Trinajstić information content (AvgIpc) is 2.37. The summed E-state index contributed by atoms with van der Waals surface area (Å²) in [6.45, 7) is 0. The molecule has 0 radical (unpaired) electrons. The fourth-order valence-corrected chi connectivity index (χ4v) is 1.79. The molecular formula is C11H12N2O3S. The molecule has 0 spiro atoms. The van der Waals surface area contributed by atoms with Gasteiger partial charge in [0.1, 0.15) is 6.10 Å². The molecule has 0 aliphatic heterocycles. The lowest BCUT2D eigenvalue weighted by atomic mass is 10.0.